The van der Waals surface area contributed by atoms with E-state index < -0.39 is 6.61 Å². The van der Waals surface area contributed by atoms with Gasteiger partial charge in [-0.05, 0) is 36.4 Å². The lowest BCUT2D eigenvalue weighted by Gasteiger charge is -2.29. The molecule has 1 fully saturated rings. The second-order valence-electron chi connectivity index (χ2n) is 5.50. The molecule has 0 aliphatic carbocycles. The van der Waals surface area contributed by atoms with Crippen molar-refractivity contribution in [3.8, 4) is 5.75 Å². The van der Waals surface area contributed by atoms with Crippen LogP contribution in [-0.4, -0.2) is 43.7 Å². The first kappa shape index (κ1) is 19.9. The highest BCUT2D eigenvalue weighted by Gasteiger charge is 2.12. The highest BCUT2D eigenvalue weighted by Crippen LogP contribution is 2.18. The molecule has 0 radical (unpaired) electrons. The Labute approximate surface area is 156 Å². The van der Waals surface area contributed by atoms with Gasteiger partial charge in [0, 0.05) is 31.7 Å². The van der Waals surface area contributed by atoms with Crippen molar-refractivity contribution < 1.29 is 18.3 Å². The smallest absolute Gasteiger partial charge is 0.387 e. The number of amides is 1. The normalized spacial score (nSPS) is 13.9. The summed E-state index contributed by atoms with van der Waals surface area (Å²) in [5.41, 5.74) is 1.34. The second-order valence-corrected chi connectivity index (χ2v) is 5.50. The molecule has 1 aromatic carbocycles. The van der Waals surface area contributed by atoms with Gasteiger partial charge >= 0.3 is 6.61 Å². The Morgan fingerprint density at radius 3 is 2.42 bits per heavy atom. The van der Waals surface area contributed by atoms with Gasteiger partial charge in [0.25, 0.3) is 5.91 Å². The maximum atomic E-state index is 12.2. The van der Waals surface area contributed by atoms with Crippen molar-refractivity contribution in [2.75, 3.05) is 36.4 Å². The van der Waals surface area contributed by atoms with Gasteiger partial charge < -0.3 is 20.3 Å². The summed E-state index contributed by atoms with van der Waals surface area (Å²) >= 11 is 0. The summed E-state index contributed by atoms with van der Waals surface area (Å²) in [6, 6.07) is 9.13. The summed E-state index contributed by atoms with van der Waals surface area (Å²) in [4.78, 5) is 18.7. The van der Waals surface area contributed by atoms with Gasteiger partial charge in [0.2, 0.25) is 0 Å². The summed E-state index contributed by atoms with van der Waals surface area (Å²) in [5, 5.41) is 5.96. The maximum Gasteiger partial charge on any atom is 0.387 e. The van der Waals surface area contributed by atoms with E-state index in [2.05, 4.69) is 25.3 Å². The fourth-order valence-electron chi connectivity index (χ4n) is 2.55. The van der Waals surface area contributed by atoms with Crippen molar-refractivity contribution in [2.45, 2.75) is 6.61 Å². The van der Waals surface area contributed by atoms with Gasteiger partial charge in [0.05, 0.1) is 11.9 Å². The number of carbonyl (C=O) groups is 1. The summed E-state index contributed by atoms with van der Waals surface area (Å²) in [6.07, 6.45) is 1.72. The maximum absolute atomic E-state index is 12.2. The van der Waals surface area contributed by atoms with Crippen molar-refractivity contribution in [3.05, 3.63) is 48.2 Å². The number of carbonyl (C=O) groups excluding carboxylic acids is 1. The molecule has 1 aliphatic rings. The zero-order valence-electron chi connectivity index (χ0n) is 13.8. The number of ether oxygens (including phenoxy) is 1. The predicted molar refractivity (Wildman–Crippen MR) is 97.6 cm³/mol. The first-order valence-electron chi connectivity index (χ1n) is 7.90. The van der Waals surface area contributed by atoms with Crippen LogP contribution in [0.2, 0.25) is 0 Å². The van der Waals surface area contributed by atoms with Crippen LogP contribution in [0, 0.1) is 0 Å². The van der Waals surface area contributed by atoms with Crippen LogP contribution in [-0.2, 0) is 0 Å². The van der Waals surface area contributed by atoms with Crippen LogP contribution in [0.4, 0.5) is 20.3 Å². The number of benzene rings is 1. The molecular weight excluding hydrogens is 366 g/mol. The Morgan fingerprint density at radius 2 is 1.85 bits per heavy atom. The molecule has 6 nitrogen and oxygen atoms in total. The van der Waals surface area contributed by atoms with Gasteiger partial charge in [-0.2, -0.15) is 8.78 Å². The first-order chi connectivity index (χ1) is 12.1. The third-order valence-corrected chi connectivity index (χ3v) is 3.81. The van der Waals surface area contributed by atoms with Crippen molar-refractivity contribution >= 4 is 29.8 Å². The number of pyridine rings is 1. The third-order valence-electron chi connectivity index (χ3n) is 3.81. The molecule has 2 heterocycles. The lowest BCUT2D eigenvalue weighted by molar-refractivity contribution is -0.0498. The fourth-order valence-corrected chi connectivity index (χ4v) is 2.55. The molecule has 2 N–H and O–H groups in total. The minimum atomic E-state index is -2.89. The molecule has 1 amide bonds. The van der Waals surface area contributed by atoms with Gasteiger partial charge in [-0.25, -0.2) is 4.98 Å². The molecule has 1 aromatic heterocycles. The fraction of sp³-hybridized carbons (Fsp3) is 0.294. The topological polar surface area (TPSA) is 66.5 Å². The Morgan fingerprint density at radius 1 is 1.15 bits per heavy atom. The molecule has 1 saturated heterocycles. The number of piperazine rings is 1. The van der Waals surface area contributed by atoms with Crippen LogP contribution < -0.4 is 20.3 Å². The number of hydrogen-bond acceptors (Lipinski definition) is 5. The number of aromatic nitrogens is 1. The molecule has 0 spiro atoms. The minimum absolute atomic E-state index is 0. The SMILES string of the molecule is Cl.O=C(Nc1ccc(N2CCNCC2)cn1)c1ccc(OC(F)F)cc1. The highest BCUT2D eigenvalue weighted by atomic mass is 35.5. The van der Waals surface area contributed by atoms with Crippen LogP contribution in [0.1, 0.15) is 10.4 Å². The number of nitrogens with one attached hydrogen (secondary N) is 2. The molecule has 9 heteroatoms. The van der Waals surface area contributed by atoms with Gasteiger partial charge in [-0.3, -0.25) is 4.79 Å². The van der Waals surface area contributed by atoms with E-state index >= 15 is 0 Å². The van der Waals surface area contributed by atoms with E-state index in [-0.39, 0.29) is 24.1 Å². The molecular formula is C17H19ClF2N4O2. The summed E-state index contributed by atoms with van der Waals surface area (Å²) in [7, 11) is 0. The predicted octanol–water partition coefficient (Wildman–Crippen LogP) is 2.77. The molecule has 1 aliphatic heterocycles. The number of hydrogen-bond donors (Lipinski definition) is 2. The average Bonchev–Trinajstić information content (AvgIpc) is 2.63. The lowest BCUT2D eigenvalue weighted by atomic mass is 10.2. The standard InChI is InChI=1S/C17H18F2N4O2.ClH/c18-17(19)25-14-4-1-12(2-5-14)16(24)22-15-6-3-13(11-21-15)23-9-7-20-8-10-23;/h1-6,11,17,20H,7-10H2,(H,21,22,24);1H. The van der Waals surface area contributed by atoms with E-state index in [1.807, 2.05) is 6.07 Å². The van der Waals surface area contributed by atoms with Crippen molar-refractivity contribution in [3.63, 3.8) is 0 Å². The van der Waals surface area contributed by atoms with E-state index in [9.17, 15) is 13.6 Å². The van der Waals surface area contributed by atoms with Crippen LogP contribution in [0.5, 0.6) is 5.75 Å². The van der Waals surface area contributed by atoms with E-state index in [4.69, 9.17) is 0 Å². The number of anilines is 2. The van der Waals surface area contributed by atoms with Crippen LogP contribution in [0.15, 0.2) is 42.6 Å². The van der Waals surface area contributed by atoms with E-state index in [0.29, 0.717) is 11.4 Å². The number of halogens is 3. The molecule has 0 saturated carbocycles. The highest BCUT2D eigenvalue weighted by molar-refractivity contribution is 6.03. The Hall–Kier alpha value is -2.45. The largest absolute Gasteiger partial charge is 0.435 e. The summed E-state index contributed by atoms with van der Waals surface area (Å²) in [5.74, 6) is 0.0628. The van der Waals surface area contributed by atoms with Crippen molar-refractivity contribution in [1.82, 2.24) is 10.3 Å². The van der Waals surface area contributed by atoms with Crippen LogP contribution in [0.3, 0.4) is 0 Å². The Balaban J connectivity index is 0.00000243. The monoisotopic (exact) mass is 384 g/mol. The number of rotatable bonds is 5. The van der Waals surface area contributed by atoms with Crippen molar-refractivity contribution in [1.29, 1.82) is 0 Å². The molecule has 3 rings (SSSR count). The van der Waals surface area contributed by atoms with Gasteiger partial charge in [0.15, 0.2) is 0 Å². The summed E-state index contributed by atoms with van der Waals surface area (Å²) < 4.78 is 28.5. The van der Waals surface area contributed by atoms with Gasteiger partial charge in [-0.1, -0.05) is 0 Å². The second kappa shape index (κ2) is 9.30. The van der Waals surface area contributed by atoms with E-state index in [1.54, 1.807) is 12.3 Å². The Bertz CT molecular complexity index is 708. The molecule has 2 aromatic rings. The van der Waals surface area contributed by atoms with E-state index in [0.717, 1.165) is 31.9 Å². The van der Waals surface area contributed by atoms with Crippen molar-refractivity contribution in [2.24, 2.45) is 0 Å². The van der Waals surface area contributed by atoms with Crippen LogP contribution in [0.25, 0.3) is 0 Å². The van der Waals surface area contributed by atoms with Gasteiger partial charge in [-0.15, -0.1) is 12.4 Å². The van der Waals surface area contributed by atoms with Gasteiger partial charge in [0.1, 0.15) is 11.6 Å². The number of nitrogens with zero attached hydrogens (tertiary/aromatic N) is 2. The van der Waals surface area contributed by atoms with Crippen LogP contribution >= 0.6 is 12.4 Å². The molecule has 140 valence electrons. The molecule has 0 bridgehead atoms. The Kier molecular flexibility index (Phi) is 7.11. The quantitative estimate of drug-likeness (QED) is 0.829. The summed E-state index contributed by atoms with van der Waals surface area (Å²) in [6.45, 7) is 0.812. The zero-order chi connectivity index (χ0) is 17.6. The zero-order valence-corrected chi connectivity index (χ0v) is 14.6. The molecule has 0 atom stereocenters. The first-order valence-corrected chi connectivity index (χ1v) is 7.90. The number of alkyl halides is 2. The minimum Gasteiger partial charge on any atom is -0.435 e. The molecule has 26 heavy (non-hydrogen) atoms. The average molecular weight is 385 g/mol. The molecule has 0 unspecified atom stereocenters. The van der Waals surface area contributed by atoms with E-state index in [1.165, 1.54) is 24.3 Å². The lowest BCUT2D eigenvalue weighted by Crippen LogP contribution is -2.43. The third kappa shape index (κ3) is 5.27.